The first kappa shape index (κ1) is 24.3. The number of carbonyl (C=O) groups excluding carboxylic acids is 1. The summed E-state index contributed by atoms with van der Waals surface area (Å²) in [6.07, 6.45) is 1.88. The highest BCUT2D eigenvalue weighted by Gasteiger charge is 2.22. The van der Waals surface area contributed by atoms with Gasteiger partial charge in [0.15, 0.2) is 0 Å². The molecular formula is C18H35ClN2O2Si2. The van der Waals surface area contributed by atoms with Crippen LogP contribution < -0.4 is 4.65 Å². The van der Waals surface area contributed by atoms with Gasteiger partial charge in [0.2, 0.25) is 0 Å². The van der Waals surface area contributed by atoms with Gasteiger partial charge in [-0.05, 0) is 44.9 Å². The number of aryl methyl sites for hydroxylation is 1. The highest BCUT2D eigenvalue weighted by molar-refractivity contribution is 6.90. The van der Waals surface area contributed by atoms with Crippen LogP contribution in [-0.4, -0.2) is 33.0 Å². The number of rotatable bonds is 4. The van der Waals surface area contributed by atoms with Gasteiger partial charge in [0, 0.05) is 6.20 Å². The molecule has 7 heteroatoms. The van der Waals surface area contributed by atoms with Crippen LogP contribution >= 0.6 is 11.6 Å². The van der Waals surface area contributed by atoms with Crippen LogP contribution in [0.25, 0.3) is 0 Å². The molecule has 0 bridgehead atoms. The Labute approximate surface area is 160 Å². The quantitative estimate of drug-likeness (QED) is 0.428. The normalized spacial score (nSPS) is 12.3. The zero-order chi connectivity index (χ0) is 20.1. The van der Waals surface area contributed by atoms with Crippen molar-refractivity contribution in [2.75, 3.05) is 0 Å². The van der Waals surface area contributed by atoms with Gasteiger partial charge < -0.3 is 9.38 Å². The maximum atomic E-state index is 11.6. The number of esters is 1. The molecule has 0 saturated heterocycles. The van der Waals surface area contributed by atoms with Crippen molar-refractivity contribution >= 4 is 34.0 Å². The molecule has 0 amide bonds. The molecule has 0 atom stereocenters. The molecule has 1 rings (SSSR count). The highest BCUT2D eigenvalue weighted by atomic mass is 35.5. The van der Waals surface area contributed by atoms with E-state index in [1.54, 1.807) is 12.3 Å². The third kappa shape index (κ3) is 14.2. The third-order valence-corrected chi connectivity index (χ3v) is 8.89. The Morgan fingerprint density at radius 1 is 1.16 bits per heavy atom. The van der Waals surface area contributed by atoms with Crippen molar-refractivity contribution in [3.8, 4) is 0 Å². The second kappa shape index (κ2) is 9.30. The van der Waals surface area contributed by atoms with Crippen LogP contribution in [0.3, 0.4) is 0 Å². The number of halogens is 1. The topological polar surface area (TPSA) is 51.2 Å². The minimum atomic E-state index is -0.981. The number of nitrogens with one attached hydrogen (secondary N) is 1. The molecule has 0 unspecified atom stereocenters. The maximum absolute atomic E-state index is 11.6. The molecular weight excluding hydrogens is 368 g/mol. The average Bonchev–Trinajstić information content (AvgIpc) is 2.27. The van der Waals surface area contributed by atoms with E-state index in [1.807, 2.05) is 27.7 Å². The SMILES string of the molecule is C[Si](C)(C)N[Si](C)(C)C.Cc1cnc(Cl)cc1CC(=O)OC(C)(C)C. The van der Waals surface area contributed by atoms with E-state index in [4.69, 9.17) is 16.3 Å². The minimum Gasteiger partial charge on any atom is -0.460 e. The molecule has 1 aromatic rings. The maximum Gasteiger partial charge on any atom is 0.310 e. The first-order valence-electron chi connectivity index (χ1n) is 8.61. The largest absolute Gasteiger partial charge is 0.460 e. The van der Waals surface area contributed by atoms with E-state index in [2.05, 4.69) is 48.9 Å². The first-order chi connectivity index (χ1) is 11.0. The summed E-state index contributed by atoms with van der Waals surface area (Å²) in [5, 5.41) is 0.393. The molecule has 1 heterocycles. The predicted octanol–water partition coefficient (Wildman–Crippen LogP) is 5.17. The van der Waals surface area contributed by atoms with Gasteiger partial charge in [0.1, 0.15) is 27.2 Å². The number of pyridine rings is 1. The summed E-state index contributed by atoms with van der Waals surface area (Å²) in [6.45, 7) is 21.5. The van der Waals surface area contributed by atoms with Gasteiger partial charge in [-0.1, -0.05) is 50.9 Å². The van der Waals surface area contributed by atoms with Gasteiger partial charge in [0.25, 0.3) is 0 Å². The number of ether oxygens (including phenoxy) is 1. The van der Waals surface area contributed by atoms with E-state index in [0.29, 0.717) is 5.15 Å². The zero-order valence-corrected chi connectivity index (χ0v) is 20.3. The lowest BCUT2D eigenvalue weighted by Gasteiger charge is -2.28. The Bertz CT molecular complexity index is 562. The molecule has 0 fully saturated rings. The van der Waals surface area contributed by atoms with E-state index < -0.39 is 22.1 Å². The Hall–Kier alpha value is -0.696. The van der Waals surface area contributed by atoms with E-state index >= 15 is 0 Å². The third-order valence-electron chi connectivity index (χ3n) is 2.69. The van der Waals surface area contributed by atoms with Crippen molar-refractivity contribution in [1.29, 1.82) is 0 Å². The summed E-state index contributed by atoms with van der Waals surface area (Å²) >= 11 is 5.77. The lowest BCUT2D eigenvalue weighted by atomic mass is 10.1. The molecule has 0 spiro atoms. The highest BCUT2D eigenvalue weighted by Crippen LogP contribution is 2.15. The van der Waals surface area contributed by atoms with E-state index in [1.165, 1.54) is 0 Å². The summed E-state index contributed by atoms with van der Waals surface area (Å²) in [7, 11) is -1.96. The molecule has 0 aromatic carbocycles. The van der Waals surface area contributed by atoms with Gasteiger partial charge >= 0.3 is 5.97 Å². The lowest BCUT2D eigenvalue weighted by molar-refractivity contribution is -0.153. The standard InChI is InChI=1S/C12H16ClNO2.C6H19NSi2/c1-8-7-14-10(13)5-9(8)6-11(15)16-12(2,3)4;1-8(2,3)7-9(4,5)6/h5,7H,6H2,1-4H3;7H,1-6H3. The van der Waals surface area contributed by atoms with Gasteiger partial charge in [-0.2, -0.15) is 0 Å². The van der Waals surface area contributed by atoms with Crippen molar-refractivity contribution in [3.05, 3.63) is 28.5 Å². The van der Waals surface area contributed by atoms with Gasteiger partial charge in [-0.15, -0.1) is 0 Å². The Morgan fingerprint density at radius 2 is 1.64 bits per heavy atom. The molecule has 4 nitrogen and oxygen atoms in total. The van der Waals surface area contributed by atoms with Crippen LogP contribution in [-0.2, 0) is 16.0 Å². The monoisotopic (exact) mass is 402 g/mol. The van der Waals surface area contributed by atoms with Gasteiger partial charge in [-0.3, -0.25) is 4.79 Å². The van der Waals surface area contributed by atoms with Crippen LogP contribution in [0.5, 0.6) is 0 Å². The van der Waals surface area contributed by atoms with Crippen molar-refractivity contribution in [2.24, 2.45) is 0 Å². The minimum absolute atomic E-state index is 0.228. The number of hydrogen-bond acceptors (Lipinski definition) is 4. The molecule has 0 saturated carbocycles. The molecule has 144 valence electrons. The smallest absolute Gasteiger partial charge is 0.310 e. The molecule has 0 radical (unpaired) electrons. The summed E-state index contributed by atoms with van der Waals surface area (Å²) < 4.78 is 8.97. The fourth-order valence-electron chi connectivity index (χ4n) is 2.38. The fraction of sp³-hybridized carbons (Fsp3) is 0.667. The second-order valence-electron chi connectivity index (χ2n) is 9.32. The second-order valence-corrected chi connectivity index (χ2v) is 19.7. The summed E-state index contributed by atoms with van der Waals surface area (Å²) in [5.74, 6) is -0.252. The fourth-order valence-corrected chi connectivity index (χ4v) is 11.6. The first-order valence-corrected chi connectivity index (χ1v) is 16.0. The van der Waals surface area contributed by atoms with Crippen LogP contribution in [0.2, 0.25) is 44.4 Å². The number of carbonyl (C=O) groups is 1. The molecule has 0 aliphatic heterocycles. The summed E-state index contributed by atoms with van der Waals surface area (Å²) in [4.78, 5) is 15.5. The van der Waals surface area contributed by atoms with Crippen molar-refractivity contribution in [3.63, 3.8) is 0 Å². The number of nitrogens with zero attached hydrogens (tertiary/aromatic N) is 1. The van der Waals surface area contributed by atoms with Crippen LogP contribution in [0.1, 0.15) is 31.9 Å². The number of hydrogen-bond donors (Lipinski definition) is 1. The summed E-state index contributed by atoms with van der Waals surface area (Å²) in [5.41, 5.74) is 1.34. The van der Waals surface area contributed by atoms with E-state index in [-0.39, 0.29) is 12.4 Å². The van der Waals surface area contributed by atoms with Crippen LogP contribution in [0, 0.1) is 6.92 Å². The summed E-state index contributed by atoms with van der Waals surface area (Å²) in [6, 6.07) is 1.70. The Balaban J connectivity index is 0.000000547. The molecule has 1 aromatic heterocycles. The van der Waals surface area contributed by atoms with Crippen LogP contribution in [0.4, 0.5) is 0 Å². The zero-order valence-electron chi connectivity index (χ0n) is 17.5. The molecule has 0 aliphatic carbocycles. The molecule has 0 aliphatic rings. The molecule has 1 N–H and O–H groups in total. The van der Waals surface area contributed by atoms with Gasteiger partial charge in [-0.25, -0.2) is 4.98 Å². The Morgan fingerprint density at radius 3 is 2.00 bits per heavy atom. The van der Waals surface area contributed by atoms with Crippen LogP contribution in [0.15, 0.2) is 12.3 Å². The lowest BCUT2D eigenvalue weighted by Crippen LogP contribution is -2.55. The predicted molar refractivity (Wildman–Crippen MR) is 113 cm³/mol. The van der Waals surface area contributed by atoms with Crippen molar-refractivity contribution in [1.82, 2.24) is 9.63 Å². The van der Waals surface area contributed by atoms with Gasteiger partial charge in [0.05, 0.1) is 6.42 Å². The van der Waals surface area contributed by atoms with E-state index in [9.17, 15) is 4.79 Å². The van der Waals surface area contributed by atoms with Crippen molar-refractivity contribution in [2.45, 2.75) is 79.0 Å². The number of aromatic nitrogens is 1. The average molecular weight is 403 g/mol. The van der Waals surface area contributed by atoms with E-state index in [0.717, 1.165) is 11.1 Å². The van der Waals surface area contributed by atoms with Crippen molar-refractivity contribution < 1.29 is 9.53 Å². The molecule has 25 heavy (non-hydrogen) atoms. The Kier molecular flexibility index (Phi) is 9.04.